The molecule has 0 fully saturated rings. The number of rotatable bonds is 3. The molecule has 0 radical (unpaired) electrons. The first-order chi connectivity index (χ1) is 6.85. The van der Waals surface area contributed by atoms with E-state index in [4.69, 9.17) is 0 Å². The van der Waals surface area contributed by atoms with Crippen LogP contribution in [0.2, 0.25) is 0 Å². The Morgan fingerprint density at radius 2 is 1.93 bits per heavy atom. The van der Waals surface area contributed by atoms with Gasteiger partial charge in [0.1, 0.15) is 5.56 Å². The van der Waals surface area contributed by atoms with E-state index in [-0.39, 0.29) is 0 Å². The summed E-state index contributed by atoms with van der Waals surface area (Å²) in [5, 5.41) is 5.22. The number of halogens is 3. The van der Waals surface area contributed by atoms with Gasteiger partial charge in [-0.25, -0.2) is 0 Å². The first-order valence-electron chi connectivity index (χ1n) is 3.68. The molecule has 0 atom stereocenters. The van der Waals surface area contributed by atoms with E-state index in [2.05, 4.69) is 14.1 Å². The van der Waals surface area contributed by atoms with Crippen molar-refractivity contribution < 1.29 is 26.8 Å². The van der Waals surface area contributed by atoms with Crippen molar-refractivity contribution in [2.75, 3.05) is 14.2 Å². The van der Waals surface area contributed by atoms with E-state index in [0.717, 1.165) is 14.2 Å². The molecule has 1 rings (SSSR count). The summed E-state index contributed by atoms with van der Waals surface area (Å²) in [6.45, 7) is 0. The lowest BCUT2D eigenvalue weighted by Gasteiger charge is -2.13. The second kappa shape index (κ2) is 3.96. The Morgan fingerprint density at radius 1 is 1.40 bits per heavy atom. The molecule has 5 nitrogen and oxygen atoms in total. The molecule has 9 heteroatoms. The number of hydrogen-bond acceptors (Lipinski definition) is 4. The van der Waals surface area contributed by atoms with E-state index in [0.29, 0.717) is 6.20 Å². The summed E-state index contributed by atoms with van der Waals surface area (Å²) >= 11 is 0. The van der Waals surface area contributed by atoms with Crippen molar-refractivity contribution in [3.05, 3.63) is 11.8 Å². The molecule has 0 spiro atoms. The monoisotopic (exact) mass is 244 g/mol. The van der Waals surface area contributed by atoms with Gasteiger partial charge in [0.05, 0.1) is 0 Å². The van der Waals surface area contributed by atoms with E-state index in [1.54, 1.807) is 0 Å². The molecule has 0 aliphatic heterocycles. The summed E-state index contributed by atoms with van der Waals surface area (Å²) in [6.07, 6.45) is -4.06. The van der Waals surface area contributed by atoms with Crippen molar-refractivity contribution >= 4 is 13.0 Å². The Morgan fingerprint density at radius 3 is 2.33 bits per heavy atom. The van der Waals surface area contributed by atoms with Gasteiger partial charge in [0, 0.05) is 20.4 Å². The molecular formula is C6H8F3N2O3P. The normalized spacial score (nSPS) is 13.1. The number of aromatic nitrogens is 2. The highest BCUT2D eigenvalue weighted by molar-refractivity contribution is 7.62. The lowest BCUT2D eigenvalue weighted by molar-refractivity contribution is -0.136. The molecule has 0 bridgehead atoms. The molecular weight excluding hydrogens is 236 g/mol. The van der Waals surface area contributed by atoms with Gasteiger partial charge in [-0.2, -0.15) is 18.3 Å². The van der Waals surface area contributed by atoms with Crippen LogP contribution in [0, 0.1) is 0 Å². The Kier molecular flexibility index (Phi) is 3.22. The molecule has 86 valence electrons. The second-order valence-electron chi connectivity index (χ2n) is 2.48. The molecule has 0 aromatic carbocycles. The first-order valence-corrected chi connectivity index (χ1v) is 5.22. The predicted molar refractivity (Wildman–Crippen MR) is 44.8 cm³/mol. The summed E-state index contributed by atoms with van der Waals surface area (Å²) in [6, 6.07) is 0. The first kappa shape index (κ1) is 12.2. The summed E-state index contributed by atoms with van der Waals surface area (Å²) in [4.78, 5) is 0. The largest absolute Gasteiger partial charge is 0.420 e. The van der Waals surface area contributed by atoms with E-state index >= 15 is 0 Å². The molecule has 1 heterocycles. The van der Waals surface area contributed by atoms with Gasteiger partial charge >= 0.3 is 13.8 Å². The van der Waals surface area contributed by atoms with Gasteiger partial charge < -0.3 is 9.05 Å². The second-order valence-corrected chi connectivity index (χ2v) is 4.63. The summed E-state index contributed by atoms with van der Waals surface area (Å²) < 4.78 is 57.7. The van der Waals surface area contributed by atoms with Crippen LogP contribution in [0.1, 0.15) is 5.56 Å². The van der Waals surface area contributed by atoms with Gasteiger partial charge in [-0.3, -0.25) is 9.66 Å². The van der Waals surface area contributed by atoms with Gasteiger partial charge in [-0.1, -0.05) is 0 Å². The molecule has 0 unspecified atom stereocenters. The zero-order chi connectivity index (χ0) is 11.7. The maximum Gasteiger partial charge on any atom is 0.420 e. The number of H-pyrrole nitrogens is 1. The van der Waals surface area contributed by atoms with Crippen molar-refractivity contribution in [3.63, 3.8) is 0 Å². The average molecular weight is 244 g/mol. The molecule has 1 N–H and O–H groups in total. The van der Waals surface area contributed by atoms with Crippen LogP contribution in [0.25, 0.3) is 0 Å². The smallest absolute Gasteiger partial charge is 0.307 e. The van der Waals surface area contributed by atoms with Crippen molar-refractivity contribution in [2.24, 2.45) is 0 Å². The number of aromatic amines is 1. The predicted octanol–water partition coefficient (Wildman–Crippen LogP) is 1.54. The number of nitrogens with zero attached hydrogens (tertiary/aromatic N) is 1. The van der Waals surface area contributed by atoms with E-state index in [9.17, 15) is 17.7 Å². The molecule has 15 heavy (non-hydrogen) atoms. The zero-order valence-electron chi connectivity index (χ0n) is 7.83. The van der Waals surface area contributed by atoms with Crippen molar-refractivity contribution in [3.8, 4) is 0 Å². The molecule has 0 amide bonds. The summed E-state index contributed by atoms with van der Waals surface area (Å²) in [7, 11) is -2.01. The fraction of sp³-hybridized carbons (Fsp3) is 0.500. The van der Waals surface area contributed by atoms with Crippen molar-refractivity contribution in [1.82, 2.24) is 10.2 Å². The maximum absolute atomic E-state index is 12.4. The highest BCUT2D eigenvalue weighted by Crippen LogP contribution is 2.47. The topological polar surface area (TPSA) is 64.2 Å². The summed E-state index contributed by atoms with van der Waals surface area (Å²) in [5.74, 6) is 0. The highest BCUT2D eigenvalue weighted by atomic mass is 31.2. The average Bonchev–Trinajstić information content (AvgIpc) is 2.65. The fourth-order valence-corrected chi connectivity index (χ4v) is 2.11. The molecule has 0 aliphatic carbocycles. The molecule has 1 aromatic heterocycles. The lowest BCUT2D eigenvalue weighted by atomic mass is 10.4. The van der Waals surface area contributed by atoms with Crippen LogP contribution in [0.5, 0.6) is 0 Å². The van der Waals surface area contributed by atoms with Crippen molar-refractivity contribution in [2.45, 2.75) is 6.18 Å². The molecule has 0 saturated carbocycles. The van der Waals surface area contributed by atoms with Crippen LogP contribution in [-0.4, -0.2) is 24.4 Å². The lowest BCUT2D eigenvalue weighted by Crippen LogP contribution is -2.20. The minimum absolute atomic E-state index is 0.597. The van der Waals surface area contributed by atoms with Gasteiger partial charge in [0.25, 0.3) is 0 Å². The van der Waals surface area contributed by atoms with Gasteiger partial charge in [0.2, 0.25) is 0 Å². The van der Waals surface area contributed by atoms with Crippen molar-refractivity contribution in [1.29, 1.82) is 0 Å². The van der Waals surface area contributed by atoms with E-state index in [1.165, 1.54) is 0 Å². The molecule has 0 aliphatic rings. The Labute approximate surface area is 83.1 Å². The van der Waals surface area contributed by atoms with Gasteiger partial charge in [-0.05, 0) is 0 Å². The number of nitrogens with one attached hydrogen (secondary N) is 1. The number of alkyl halides is 3. The van der Waals surface area contributed by atoms with E-state index < -0.39 is 24.8 Å². The fourth-order valence-electron chi connectivity index (χ4n) is 0.948. The zero-order valence-corrected chi connectivity index (χ0v) is 8.72. The number of hydrogen-bond donors (Lipinski definition) is 1. The Hall–Kier alpha value is -0.850. The van der Waals surface area contributed by atoms with Crippen LogP contribution in [0.4, 0.5) is 13.2 Å². The SMILES string of the molecule is COP(=O)(OC)c1n[nH]cc1C(F)(F)F. The van der Waals surface area contributed by atoms with Crippen LogP contribution in [0.3, 0.4) is 0 Å². The Balaban J connectivity index is 3.27. The summed E-state index contributed by atoms with van der Waals surface area (Å²) in [5.41, 5.74) is -1.92. The van der Waals surface area contributed by atoms with Gasteiger partial charge in [-0.15, -0.1) is 0 Å². The van der Waals surface area contributed by atoms with Crippen LogP contribution < -0.4 is 5.44 Å². The third kappa shape index (κ3) is 2.22. The maximum atomic E-state index is 12.4. The quantitative estimate of drug-likeness (QED) is 0.819. The highest BCUT2D eigenvalue weighted by Gasteiger charge is 2.42. The van der Waals surface area contributed by atoms with Crippen LogP contribution in [-0.2, 0) is 19.8 Å². The third-order valence-corrected chi connectivity index (χ3v) is 3.49. The minimum atomic E-state index is -4.66. The van der Waals surface area contributed by atoms with E-state index in [1.807, 2.05) is 5.10 Å². The van der Waals surface area contributed by atoms with Gasteiger partial charge in [0.15, 0.2) is 5.44 Å². The Bertz CT molecular complexity index is 381. The minimum Gasteiger partial charge on any atom is -0.307 e. The molecule has 1 aromatic rings. The third-order valence-electron chi connectivity index (χ3n) is 1.67. The standard InChI is InChI=1S/C6H8F3N2O3P/c1-13-15(12,14-2)5-4(3-10-11-5)6(7,8)9/h3H,1-2H3,(H,10,11). The molecule has 0 saturated heterocycles. The van der Waals surface area contributed by atoms with Crippen LogP contribution >= 0.6 is 7.60 Å². The van der Waals surface area contributed by atoms with Crippen LogP contribution in [0.15, 0.2) is 6.20 Å².